The van der Waals surface area contributed by atoms with Gasteiger partial charge in [0.15, 0.2) is 0 Å². The summed E-state index contributed by atoms with van der Waals surface area (Å²) >= 11 is 6.24. The molecule has 0 radical (unpaired) electrons. The highest BCUT2D eigenvalue weighted by molar-refractivity contribution is 7.80. The fourth-order valence-corrected chi connectivity index (χ4v) is 3.33. The van der Waals surface area contributed by atoms with E-state index in [9.17, 15) is 0 Å². The monoisotopic (exact) mass is 237 g/mol. The van der Waals surface area contributed by atoms with Gasteiger partial charge in [-0.1, -0.05) is 18.2 Å². The van der Waals surface area contributed by atoms with Gasteiger partial charge < -0.3 is 4.90 Å². The predicted molar refractivity (Wildman–Crippen MR) is 72.1 cm³/mol. The maximum Gasteiger partial charge on any atom is 0.0444 e. The van der Waals surface area contributed by atoms with E-state index in [1.807, 2.05) is 11.3 Å². The molecule has 1 atom stereocenters. The second-order valence-electron chi connectivity index (χ2n) is 3.85. The van der Waals surface area contributed by atoms with Crippen molar-refractivity contribution >= 4 is 34.1 Å². The topological polar surface area (TPSA) is 3.24 Å². The van der Waals surface area contributed by atoms with Gasteiger partial charge in [0.1, 0.15) is 0 Å². The fourth-order valence-electron chi connectivity index (χ4n) is 1.80. The lowest BCUT2D eigenvalue weighted by Gasteiger charge is -2.22. The number of nitrogens with zero attached hydrogens (tertiary/aromatic N) is 1. The quantitative estimate of drug-likeness (QED) is 0.800. The molecule has 0 fully saturated rings. The first kappa shape index (κ1) is 11.0. The molecule has 2 rings (SSSR count). The summed E-state index contributed by atoms with van der Waals surface area (Å²) in [6.07, 6.45) is 0. The van der Waals surface area contributed by atoms with Crippen molar-refractivity contribution in [2.24, 2.45) is 0 Å². The van der Waals surface area contributed by atoms with Crippen molar-refractivity contribution in [1.82, 2.24) is 4.90 Å². The molecule has 0 aliphatic heterocycles. The van der Waals surface area contributed by atoms with Gasteiger partial charge in [0, 0.05) is 16.5 Å². The smallest absolute Gasteiger partial charge is 0.0444 e. The van der Waals surface area contributed by atoms with Crippen LogP contribution in [0.1, 0.15) is 11.6 Å². The molecule has 0 saturated carbocycles. The molecule has 0 saturated heterocycles. The van der Waals surface area contributed by atoms with Crippen LogP contribution in [-0.2, 0) is 0 Å². The van der Waals surface area contributed by atoms with Crippen LogP contribution in [0.25, 0.3) is 10.1 Å². The number of fused-ring (bicyclic) bond motifs is 1. The van der Waals surface area contributed by atoms with E-state index < -0.39 is 0 Å². The third-order valence-corrected chi connectivity index (χ3v) is 3.99. The van der Waals surface area contributed by atoms with Gasteiger partial charge in [-0.2, -0.15) is 12.6 Å². The average Bonchev–Trinajstić information content (AvgIpc) is 2.63. The molecular weight excluding hydrogens is 222 g/mol. The second-order valence-corrected chi connectivity index (χ2v) is 5.13. The van der Waals surface area contributed by atoms with E-state index in [4.69, 9.17) is 0 Å². The molecular formula is C12H15NS2. The molecule has 0 aliphatic carbocycles. The molecule has 3 heteroatoms. The zero-order valence-corrected chi connectivity index (χ0v) is 10.7. The highest BCUT2D eigenvalue weighted by Gasteiger charge is 2.15. The Morgan fingerprint density at radius 3 is 2.73 bits per heavy atom. The van der Waals surface area contributed by atoms with E-state index in [-0.39, 0.29) is 0 Å². The lowest BCUT2D eigenvalue weighted by atomic mass is 10.1. The number of benzene rings is 1. The normalized spacial score (nSPS) is 13.6. The van der Waals surface area contributed by atoms with E-state index in [0.717, 1.165) is 5.75 Å². The molecule has 1 aromatic carbocycles. The molecule has 0 amide bonds. The molecule has 15 heavy (non-hydrogen) atoms. The number of thiol groups is 1. The Bertz CT molecular complexity index is 448. The lowest BCUT2D eigenvalue weighted by molar-refractivity contribution is 0.329. The Morgan fingerprint density at radius 1 is 1.33 bits per heavy atom. The minimum absolute atomic E-state index is 0.407. The van der Waals surface area contributed by atoms with Crippen molar-refractivity contribution in [3.05, 3.63) is 35.2 Å². The van der Waals surface area contributed by atoms with Crippen LogP contribution >= 0.6 is 24.0 Å². The number of thiophene rings is 1. The summed E-state index contributed by atoms with van der Waals surface area (Å²) < 4.78 is 1.36. The summed E-state index contributed by atoms with van der Waals surface area (Å²) in [7, 11) is 4.21. The van der Waals surface area contributed by atoms with Gasteiger partial charge >= 0.3 is 0 Å². The Kier molecular flexibility index (Phi) is 3.34. The minimum Gasteiger partial charge on any atom is -0.302 e. The molecule has 0 bridgehead atoms. The molecule has 0 N–H and O–H groups in total. The molecule has 2 aromatic rings. The van der Waals surface area contributed by atoms with E-state index in [1.54, 1.807) is 0 Å². The third kappa shape index (κ3) is 2.05. The summed E-state index contributed by atoms with van der Waals surface area (Å²) in [5.41, 5.74) is 1.40. The first-order chi connectivity index (χ1) is 7.24. The number of rotatable bonds is 3. The van der Waals surface area contributed by atoms with Crippen LogP contribution in [-0.4, -0.2) is 24.7 Å². The summed E-state index contributed by atoms with van der Waals surface area (Å²) in [6, 6.07) is 8.97. The SMILES string of the molecule is CN(C)C(CS)c1csc2ccccc12. The van der Waals surface area contributed by atoms with Gasteiger partial charge in [-0.3, -0.25) is 0 Å². The first-order valence-corrected chi connectivity index (χ1v) is 6.48. The standard InChI is InChI=1S/C12H15NS2/c1-13(2)11(7-14)10-8-15-12-6-4-3-5-9(10)12/h3-6,8,11,14H,7H2,1-2H3. The van der Waals surface area contributed by atoms with Gasteiger partial charge in [-0.05, 0) is 36.5 Å². The molecule has 1 aromatic heterocycles. The van der Waals surface area contributed by atoms with Crippen LogP contribution in [0.3, 0.4) is 0 Å². The zero-order chi connectivity index (χ0) is 10.8. The molecule has 1 heterocycles. The highest BCUT2D eigenvalue weighted by atomic mass is 32.1. The predicted octanol–water partition coefficient (Wildman–Crippen LogP) is 3.43. The first-order valence-electron chi connectivity index (χ1n) is 4.97. The van der Waals surface area contributed by atoms with Crippen molar-refractivity contribution in [2.75, 3.05) is 19.8 Å². The van der Waals surface area contributed by atoms with Crippen LogP contribution in [0, 0.1) is 0 Å². The average molecular weight is 237 g/mol. The van der Waals surface area contributed by atoms with Crippen molar-refractivity contribution in [1.29, 1.82) is 0 Å². The van der Waals surface area contributed by atoms with Gasteiger partial charge in [0.2, 0.25) is 0 Å². The minimum atomic E-state index is 0.407. The maximum absolute atomic E-state index is 4.43. The van der Waals surface area contributed by atoms with Crippen molar-refractivity contribution in [3.8, 4) is 0 Å². The van der Waals surface area contributed by atoms with Gasteiger partial charge in [-0.15, -0.1) is 11.3 Å². The van der Waals surface area contributed by atoms with Crippen molar-refractivity contribution in [3.63, 3.8) is 0 Å². The zero-order valence-electron chi connectivity index (χ0n) is 8.97. The van der Waals surface area contributed by atoms with Crippen LogP contribution in [0.5, 0.6) is 0 Å². The maximum atomic E-state index is 4.43. The summed E-state index contributed by atoms with van der Waals surface area (Å²) in [4.78, 5) is 2.22. The number of hydrogen-bond donors (Lipinski definition) is 1. The summed E-state index contributed by atoms with van der Waals surface area (Å²) in [5.74, 6) is 0.855. The Balaban J connectivity index is 2.51. The summed E-state index contributed by atoms with van der Waals surface area (Å²) in [5, 5.41) is 3.63. The molecule has 0 aliphatic rings. The van der Waals surface area contributed by atoms with Crippen LogP contribution in [0.15, 0.2) is 29.6 Å². The second kappa shape index (κ2) is 4.56. The number of hydrogen-bond acceptors (Lipinski definition) is 3. The summed E-state index contributed by atoms with van der Waals surface area (Å²) in [6.45, 7) is 0. The van der Waals surface area contributed by atoms with Crippen LogP contribution in [0.4, 0.5) is 0 Å². The van der Waals surface area contributed by atoms with E-state index >= 15 is 0 Å². The Hall–Kier alpha value is -0.510. The molecule has 0 spiro atoms. The van der Waals surface area contributed by atoms with E-state index in [2.05, 4.69) is 61.3 Å². The largest absolute Gasteiger partial charge is 0.302 e. The van der Waals surface area contributed by atoms with Crippen LogP contribution in [0.2, 0.25) is 0 Å². The van der Waals surface area contributed by atoms with Crippen molar-refractivity contribution in [2.45, 2.75) is 6.04 Å². The van der Waals surface area contributed by atoms with Gasteiger partial charge in [-0.25, -0.2) is 0 Å². The molecule has 1 unspecified atom stereocenters. The Labute approximate surface area is 100 Å². The van der Waals surface area contributed by atoms with E-state index in [1.165, 1.54) is 15.6 Å². The third-order valence-electron chi connectivity index (χ3n) is 2.67. The highest BCUT2D eigenvalue weighted by Crippen LogP contribution is 2.32. The molecule has 1 nitrogen and oxygen atoms in total. The lowest BCUT2D eigenvalue weighted by Crippen LogP contribution is -2.20. The van der Waals surface area contributed by atoms with E-state index in [0.29, 0.717) is 6.04 Å². The van der Waals surface area contributed by atoms with Gasteiger partial charge in [0.05, 0.1) is 0 Å². The van der Waals surface area contributed by atoms with Crippen LogP contribution < -0.4 is 0 Å². The molecule has 80 valence electrons. The Morgan fingerprint density at radius 2 is 2.07 bits per heavy atom. The van der Waals surface area contributed by atoms with Crippen molar-refractivity contribution < 1.29 is 0 Å². The fraction of sp³-hybridized carbons (Fsp3) is 0.333. The van der Waals surface area contributed by atoms with Gasteiger partial charge in [0.25, 0.3) is 0 Å².